The molecule has 0 aromatic rings. The van der Waals surface area contributed by atoms with Crippen molar-refractivity contribution in [3.05, 3.63) is 0 Å². The zero-order valence-corrected chi connectivity index (χ0v) is 8.62. The number of hydrogen-bond donors (Lipinski definition) is 3. The molecule has 0 saturated carbocycles. The Hall–Kier alpha value is -1.10. The number of aliphatic carboxylic acids is 1. The SMILES string of the molecule is CC(C)CCNC(=O)CC(N)C(=O)O. The van der Waals surface area contributed by atoms with Crippen LogP contribution in [0.5, 0.6) is 0 Å². The van der Waals surface area contributed by atoms with Crippen molar-refractivity contribution in [3.63, 3.8) is 0 Å². The summed E-state index contributed by atoms with van der Waals surface area (Å²) in [5.41, 5.74) is 5.19. The highest BCUT2D eigenvalue weighted by Gasteiger charge is 2.15. The third kappa shape index (κ3) is 6.42. The van der Waals surface area contributed by atoms with Crippen LogP contribution in [0.3, 0.4) is 0 Å². The van der Waals surface area contributed by atoms with Crippen molar-refractivity contribution in [3.8, 4) is 0 Å². The van der Waals surface area contributed by atoms with Gasteiger partial charge in [0.15, 0.2) is 0 Å². The van der Waals surface area contributed by atoms with Gasteiger partial charge in [0.25, 0.3) is 0 Å². The molecular weight excluding hydrogens is 184 g/mol. The van der Waals surface area contributed by atoms with E-state index in [9.17, 15) is 9.59 Å². The molecule has 4 N–H and O–H groups in total. The molecule has 0 saturated heterocycles. The van der Waals surface area contributed by atoms with E-state index in [1.165, 1.54) is 0 Å². The first-order valence-electron chi connectivity index (χ1n) is 4.68. The molecule has 0 bridgehead atoms. The Morgan fingerprint density at radius 1 is 1.43 bits per heavy atom. The summed E-state index contributed by atoms with van der Waals surface area (Å²) in [6.07, 6.45) is 0.724. The summed E-state index contributed by atoms with van der Waals surface area (Å²) in [6, 6.07) is -1.10. The molecule has 1 unspecified atom stereocenters. The van der Waals surface area contributed by atoms with Crippen molar-refractivity contribution < 1.29 is 14.7 Å². The van der Waals surface area contributed by atoms with Gasteiger partial charge in [-0.2, -0.15) is 0 Å². The van der Waals surface area contributed by atoms with Gasteiger partial charge in [0, 0.05) is 6.54 Å². The highest BCUT2D eigenvalue weighted by atomic mass is 16.4. The normalized spacial score (nSPS) is 12.6. The number of carbonyl (C=O) groups is 2. The first-order chi connectivity index (χ1) is 6.43. The summed E-state index contributed by atoms with van der Waals surface area (Å²) in [5, 5.41) is 11.1. The van der Waals surface area contributed by atoms with Gasteiger partial charge in [0.2, 0.25) is 5.91 Å². The van der Waals surface area contributed by atoms with E-state index in [4.69, 9.17) is 10.8 Å². The fraction of sp³-hybridized carbons (Fsp3) is 0.778. The van der Waals surface area contributed by atoms with Crippen LogP contribution < -0.4 is 11.1 Å². The van der Waals surface area contributed by atoms with E-state index in [2.05, 4.69) is 19.2 Å². The Balaban J connectivity index is 3.60. The molecule has 0 heterocycles. The molecule has 1 atom stereocenters. The second-order valence-electron chi connectivity index (χ2n) is 3.68. The van der Waals surface area contributed by atoms with Gasteiger partial charge in [0.1, 0.15) is 6.04 Å². The molecule has 82 valence electrons. The van der Waals surface area contributed by atoms with Crippen LogP contribution in [-0.4, -0.2) is 29.6 Å². The number of carboxylic acid groups (broad SMARTS) is 1. The minimum atomic E-state index is -1.15. The fourth-order valence-corrected chi connectivity index (χ4v) is 0.859. The molecule has 0 spiro atoms. The van der Waals surface area contributed by atoms with Crippen molar-refractivity contribution in [2.45, 2.75) is 32.7 Å². The number of carboxylic acids is 1. The van der Waals surface area contributed by atoms with Gasteiger partial charge in [0.05, 0.1) is 6.42 Å². The zero-order valence-electron chi connectivity index (χ0n) is 8.62. The first-order valence-corrected chi connectivity index (χ1v) is 4.68. The lowest BCUT2D eigenvalue weighted by atomic mass is 10.1. The van der Waals surface area contributed by atoms with E-state index in [0.717, 1.165) is 6.42 Å². The van der Waals surface area contributed by atoms with Crippen LogP contribution in [0.15, 0.2) is 0 Å². The summed E-state index contributed by atoms with van der Waals surface area (Å²) in [6.45, 7) is 4.67. The highest BCUT2D eigenvalue weighted by Crippen LogP contribution is 1.96. The lowest BCUT2D eigenvalue weighted by molar-refractivity contribution is -0.140. The predicted octanol–water partition coefficient (Wildman–Crippen LogP) is -0.0493. The molecule has 0 aliphatic carbocycles. The quantitative estimate of drug-likeness (QED) is 0.563. The van der Waals surface area contributed by atoms with Crippen LogP contribution >= 0.6 is 0 Å². The van der Waals surface area contributed by atoms with Crippen molar-refractivity contribution in [1.82, 2.24) is 5.32 Å². The number of carbonyl (C=O) groups excluding carboxylic acids is 1. The standard InChI is InChI=1S/C9H18N2O3/c1-6(2)3-4-11-8(12)5-7(10)9(13)14/h6-7H,3-5,10H2,1-2H3,(H,11,12)(H,13,14). The van der Waals surface area contributed by atoms with Crippen molar-refractivity contribution in [1.29, 1.82) is 0 Å². The van der Waals surface area contributed by atoms with Gasteiger partial charge in [-0.1, -0.05) is 13.8 Å². The zero-order chi connectivity index (χ0) is 11.1. The Labute approximate surface area is 83.7 Å². The third-order valence-electron chi connectivity index (χ3n) is 1.77. The third-order valence-corrected chi connectivity index (χ3v) is 1.77. The number of hydrogen-bond acceptors (Lipinski definition) is 3. The lowest BCUT2D eigenvalue weighted by Crippen LogP contribution is -2.37. The molecule has 0 aromatic heterocycles. The van der Waals surface area contributed by atoms with Crippen LogP contribution in [0, 0.1) is 5.92 Å². The minimum absolute atomic E-state index is 0.159. The fourth-order valence-electron chi connectivity index (χ4n) is 0.859. The Morgan fingerprint density at radius 2 is 2.00 bits per heavy atom. The second kappa shape index (κ2) is 6.37. The van der Waals surface area contributed by atoms with E-state index >= 15 is 0 Å². The number of nitrogens with two attached hydrogens (primary N) is 1. The molecule has 0 radical (unpaired) electrons. The molecule has 0 aliphatic heterocycles. The molecule has 5 nitrogen and oxygen atoms in total. The lowest BCUT2D eigenvalue weighted by Gasteiger charge is -2.08. The van der Waals surface area contributed by atoms with Gasteiger partial charge in [-0.05, 0) is 12.3 Å². The van der Waals surface area contributed by atoms with Crippen LogP contribution in [0.4, 0.5) is 0 Å². The molecule has 0 aliphatic rings. The van der Waals surface area contributed by atoms with Crippen molar-refractivity contribution >= 4 is 11.9 Å². The molecule has 5 heteroatoms. The maximum Gasteiger partial charge on any atom is 0.321 e. The Kier molecular flexibility index (Phi) is 5.87. The van der Waals surface area contributed by atoms with Crippen LogP contribution in [-0.2, 0) is 9.59 Å². The number of rotatable bonds is 6. The first kappa shape index (κ1) is 12.9. The van der Waals surface area contributed by atoms with Crippen LogP contribution in [0.2, 0.25) is 0 Å². The smallest absolute Gasteiger partial charge is 0.321 e. The van der Waals surface area contributed by atoms with E-state index in [1.807, 2.05) is 0 Å². The summed E-state index contributed by atoms with van der Waals surface area (Å²) in [4.78, 5) is 21.4. The van der Waals surface area contributed by atoms with E-state index in [-0.39, 0.29) is 12.3 Å². The topological polar surface area (TPSA) is 92.4 Å². The van der Waals surface area contributed by atoms with Crippen LogP contribution in [0.1, 0.15) is 26.7 Å². The molecule has 0 rings (SSSR count). The van der Waals surface area contributed by atoms with Crippen molar-refractivity contribution in [2.24, 2.45) is 11.7 Å². The summed E-state index contributed by atoms with van der Waals surface area (Å²) in [5.74, 6) is -0.937. The Morgan fingerprint density at radius 3 is 2.43 bits per heavy atom. The molecule has 14 heavy (non-hydrogen) atoms. The largest absolute Gasteiger partial charge is 0.480 e. The van der Waals surface area contributed by atoms with Gasteiger partial charge in [-0.3, -0.25) is 9.59 Å². The Bertz CT molecular complexity index is 204. The van der Waals surface area contributed by atoms with E-state index < -0.39 is 12.0 Å². The average Bonchev–Trinajstić information content (AvgIpc) is 2.02. The number of nitrogens with one attached hydrogen (secondary N) is 1. The maximum absolute atomic E-state index is 11.1. The van der Waals surface area contributed by atoms with Gasteiger partial charge in [-0.15, -0.1) is 0 Å². The van der Waals surface area contributed by atoms with E-state index in [0.29, 0.717) is 12.5 Å². The van der Waals surface area contributed by atoms with Crippen molar-refractivity contribution in [2.75, 3.05) is 6.54 Å². The summed E-state index contributed by atoms with van der Waals surface area (Å²) < 4.78 is 0. The molecule has 0 aromatic carbocycles. The predicted molar refractivity (Wildman–Crippen MR) is 52.7 cm³/mol. The maximum atomic E-state index is 11.1. The molecule has 1 amide bonds. The monoisotopic (exact) mass is 202 g/mol. The van der Waals surface area contributed by atoms with Gasteiger partial charge >= 0.3 is 5.97 Å². The molecule has 0 fully saturated rings. The second-order valence-corrected chi connectivity index (χ2v) is 3.68. The van der Waals surface area contributed by atoms with E-state index in [1.54, 1.807) is 0 Å². The number of amides is 1. The summed E-state index contributed by atoms with van der Waals surface area (Å²) >= 11 is 0. The highest BCUT2D eigenvalue weighted by molar-refractivity contribution is 5.84. The molecular formula is C9H18N2O3. The van der Waals surface area contributed by atoms with Gasteiger partial charge < -0.3 is 16.2 Å². The van der Waals surface area contributed by atoms with Crippen LogP contribution in [0.25, 0.3) is 0 Å². The van der Waals surface area contributed by atoms with Gasteiger partial charge in [-0.25, -0.2) is 0 Å². The average molecular weight is 202 g/mol. The summed E-state index contributed by atoms with van der Waals surface area (Å²) in [7, 11) is 0. The minimum Gasteiger partial charge on any atom is -0.480 e.